The Morgan fingerprint density at radius 1 is 1.67 bits per heavy atom. The van der Waals surface area contributed by atoms with E-state index < -0.39 is 0 Å². The molecule has 38 valence electrons. The average Bonchev–Trinajstić information content (AvgIpc) is 1.86. The molecular formula is C4H9IN-. The molecule has 6 heavy (non-hydrogen) atoms. The minimum absolute atomic E-state index is 0.457. The SMILES string of the molecule is NC1CCC[I-]1. The first-order chi connectivity index (χ1) is 2.89. The molecule has 0 aliphatic carbocycles. The van der Waals surface area contributed by atoms with E-state index in [-0.39, 0.29) is 0 Å². The summed E-state index contributed by atoms with van der Waals surface area (Å²) in [7, 11) is 0. The van der Waals surface area contributed by atoms with Crippen LogP contribution in [-0.4, -0.2) is 8.48 Å². The van der Waals surface area contributed by atoms with Gasteiger partial charge in [0.2, 0.25) is 0 Å². The van der Waals surface area contributed by atoms with Crippen molar-refractivity contribution in [2.75, 3.05) is 4.43 Å². The fraction of sp³-hybridized carbons (Fsp3) is 1.00. The second-order valence-corrected chi connectivity index (χ2v) is 5.06. The van der Waals surface area contributed by atoms with Crippen LogP contribution in [0.15, 0.2) is 0 Å². The molecular weight excluding hydrogens is 189 g/mol. The maximum atomic E-state index is 5.58. The van der Waals surface area contributed by atoms with Crippen LogP contribution in [0.3, 0.4) is 0 Å². The van der Waals surface area contributed by atoms with Crippen molar-refractivity contribution in [2.24, 2.45) is 5.73 Å². The van der Waals surface area contributed by atoms with Crippen LogP contribution in [0.2, 0.25) is 0 Å². The van der Waals surface area contributed by atoms with E-state index in [0.29, 0.717) is 25.3 Å². The first kappa shape index (κ1) is 4.84. The van der Waals surface area contributed by atoms with Crippen molar-refractivity contribution >= 4 is 0 Å². The molecule has 1 saturated heterocycles. The third-order valence-corrected chi connectivity index (χ3v) is 4.06. The molecule has 1 fully saturated rings. The van der Waals surface area contributed by atoms with Crippen molar-refractivity contribution < 1.29 is 21.2 Å². The van der Waals surface area contributed by atoms with Gasteiger partial charge in [0.1, 0.15) is 0 Å². The van der Waals surface area contributed by atoms with E-state index in [1.807, 2.05) is 0 Å². The molecule has 2 N–H and O–H groups in total. The number of halogens is 1. The normalized spacial score (nSPS) is 35.8. The van der Waals surface area contributed by atoms with Crippen LogP contribution in [0.1, 0.15) is 12.8 Å². The predicted molar refractivity (Wildman–Crippen MR) is 22.1 cm³/mol. The summed E-state index contributed by atoms with van der Waals surface area (Å²) < 4.78 is 2.13. The summed E-state index contributed by atoms with van der Waals surface area (Å²) in [5.74, 6) is 0. The van der Waals surface area contributed by atoms with Crippen LogP contribution in [0.4, 0.5) is 0 Å². The zero-order valence-electron chi connectivity index (χ0n) is 3.65. The van der Waals surface area contributed by atoms with Crippen LogP contribution >= 0.6 is 0 Å². The van der Waals surface area contributed by atoms with Crippen molar-refractivity contribution in [1.29, 1.82) is 0 Å². The van der Waals surface area contributed by atoms with Crippen molar-refractivity contribution in [3.05, 3.63) is 0 Å². The molecule has 1 aliphatic rings. The minimum atomic E-state index is 0.457. The van der Waals surface area contributed by atoms with Gasteiger partial charge in [-0.05, 0) is 0 Å². The van der Waals surface area contributed by atoms with Crippen LogP contribution in [0.5, 0.6) is 0 Å². The van der Waals surface area contributed by atoms with E-state index in [4.69, 9.17) is 5.73 Å². The molecule has 0 aromatic rings. The molecule has 0 saturated carbocycles. The maximum absolute atomic E-state index is 5.58. The Labute approximate surface area is 48.6 Å². The van der Waals surface area contributed by atoms with Gasteiger partial charge in [-0.15, -0.1) is 0 Å². The Morgan fingerprint density at radius 2 is 2.50 bits per heavy atom. The Balaban J connectivity index is 2.18. The summed E-state index contributed by atoms with van der Waals surface area (Å²) in [5, 5.41) is 0. The molecule has 2 heteroatoms. The number of hydrogen-bond acceptors (Lipinski definition) is 1. The standard InChI is InChI=1S/C4H9IN/c6-4-2-1-3-5-4/h4H,1-3,6H2/q-1. The van der Waals surface area contributed by atoms with Crippen molar-refractivity contribution in [3.8, 4) is 0 Å². The monoisotopic (exact) mass is 198 g/mol. The van der Waals surface area contributed by atoms with Crippen LogP contribution in [0, 0.1) is 0 Å². The molecule has 0 aromatic heterocycles. The first-order valence-corrected chi connectivity index (χ1v) is 5.00. The first-order valence-electron chi connectivity index (χ1n) is 2.23. The van der Waals surface area contributed by atoms with Crippen molar-refractivity contribution in [1.82, 2.24) is 0 Å². The molecule has 1 atom stereocenters. The topological polar surface area (TPSA) is 26.0 Å². The summed E-state index contributed by atoms with van der Waals surface area (Å²) in [6.07, 6.45) is 2.72. The summed E-state index contributed by atoms with van der Waals surface area (Å²) in [6.45, 7) is 0. The molecule has 1 nitrogen and oxygen atoms in total. The van der Waals surface area contributed by atoms with Crippen LogP contribution < -0.4 is 26.9 Å². The second-order valence-electron chi connectivity index (χ2n) is 1.50. The Morgan fingerprint density at radius 3 is 2.67 bits per heavy atom. The van der Waals surface area contributed by atoms with Crippen molar-refractivity contribution in [2.45, 2.75) is 16.9 Å². The molecule has 0 radical (unpaired) electrons. The molecule has 0 bridgehead atoms. The zero-order valence-corrected chi connectivity index (χ0v) is 5.81. The quantitative estimate of drug-likeness (QED) is 0.253. The van der Waals surface area contributed by atoms with E-state index in [1.54, 1.807) is 0 Å². The van der Waals surface area contributed by atoms with E-state index in [2.05, 4.69) is 0 Å². The van der Waals surface area contributed by atoms with E-state index in [1.165, 1.54) is 17.3 Å². The number of rotatable bonds is 0. The zero-order chi connectivity index (χ0) is 4.41. The number of hydrogen-bond donors (Lipinski definition) is 1. The molecule has 1 unspecified atom stereocenters. The van der Waals surface area contributed by atoms with Crippen molar-refractivity contribution in [3.63, 3.8) is 0 Å². The molecule has 0 aromatic carbocycles. The van der Waals surface area contributed by atoms with E-state index >= 15 is 0 Å². The molecule has 1 rings (SSSR count). The van der Waals surface area contributed by atoms with Gasteiger partial charge >= 0.3 is 48.3 Å². The van der Waals surface area contributed by atoms with Crippen LogP contribution in [0.25, 0.3) is 0 Å². The molecule has 1 heterocycles. The summed E-state index contributed by atoms with van der Waals surface area (Å²) in [6, 6.07) is 0. The number of nitrogens with two attached hydrogens (primary N) is 1. The van der Waals surface area contributed by atoms with E-state index in [9.17, 15) is 0 Å². The van der Waals surface area contributed by atoms with E-state index in [0.717, 1.165) is 0 Å². The summed E-state index contributed by atoms with van der Waals surface area (Å²) in [4.78, 5) is 0. The fourth-order valence-electron chi connectivity index (χ4n) is 0.567. The molecule has 0 amide bonds. The molecule has 0 spiro atoms. The van der Waals surface area contributed by atoms with Gasteiger partial charge in [-0.1, -0.05) is 0 Å². The van der Waals surface area contributed by atoms with Crippen LogP contribution in [-0.2, 0) is 0 Å². The van der Waals surface area contributed by atoms with Gasteiger partial charge in [0.05, 0.1) is 0 Å². The summed E-state index contributed by atoms with van der Waals surface area (Å²) >= 11 is 0.457. The third kappa shape index (κ3) is 1.08. The van der Waals surface area contributed by atoms with Gasteiger partial charge < -0.3 is 0 Å². The summed E-state index contributed by atoms with van der Waals surface area (Å²) in [5.41, 5.74) is 5.58. The van der Waals surface area contributed by atoms with Gasteiger partial charge in [-0.3, -0.25) is 0 Å². The Kier molecular flexibility index (Phi) is 1.71. The Hall–Kier alpha value is 0.690. The predicted octanol–water partition coefficient (Wildman–Crippen LogP) is -2.85. The Bertz CT molecular complexity index is 40.8. The second kappa shape index (κ2) is 2.12. The average molecular weight is 198 g/mol. The van der Waals surface area contributed by atoms with Gasteiger partial charge in [-0.2, -0.15) is 0 Å². The van der Waals surface area contributed by atoms with Gasteiger partial charge in [0, 0.05) is 0 Å². The van der Waals surface area contributed by atoms with Gasteiger partial charge in [0.15, 0.2) is 0 Å². The fourth-order valence-corrected chi connectivity index (χ4v) is 3.13. The van der Waals surface area contributed by atoms with Gasteiger partial charge in [0.25, 0.3) is 0 Å². The third-order valence-electron chi connectivity index (χ3n) is 0.921. The molecule has 1 aliphatic heterocycles. The number of alkyl halides is 2. The van der Waals surface area contributed by atoms with Gasteiger partial charge in [-0.25, -0.2) is 0 Å².